The summed E-state index contributed by atoms with van der Waals surface area (Å²) >= 11 is 0. The molecule has 1 atom stereocenters. The van der Waals surface area contributed by atoms with Gasteiger partial charge in [-0.05, 0) is 50.3 Å². The molecule has 3 heteroatoms. The molecule has 1 aromatic rings. The largest absolute Gasteiger partial charge is 0.397 e. The van der Waals surface area contributed by atoms with E-state index in [0.717, 1.165) is 29.9 Å². The van der Waals surface area contributed by atoms with Crippen LogP contribution in [0.3, 0.4) is 0 Å². The van der Waals surface area contributed by atoms with E-state index in [-0.39, 0.29) is 0 Å². The third kappa shape index (κ3) is 2.37. The predicted octanol–water partition coefficient (Wildman–Crippen LogP) is 2.82. The Labute approximate surface area is 109 Å². The van der Waals surface area contributed by atoms with Crippen molar-refractivity contribution in [2.24, 2.45) is 5.92 Å². The van der Waals surface area contributed by atoms with E-state index in [4.69, 9.17) is 5.73 Å². The molecule has 3 nitrogen and oxygen atoms in total. The van der Waals surface area contributed by atoms with Gasteiger partial charge in [0.25, 0.3) is 0 Å². The first-order chi connectivity index (χ1) is 8.84. The molecule has 1 saturated heterocycles. The number of aromatic nitrogens is 1. The van der Waals surface area contributed by atoms with E-state index >= 15 is 0 Å². The van der Waals surface area contributed by atoms with Gasteiger partial charge >= 0.3 is 0 Å². The minimum atomic E-state index is 0.786. The molecule has 2 N–H and O–H groups in total. The van der Waals surface area contributed by atoms with Crippen molar-refractivity contribution in [1.29, 1.82) is 0 Å². The highest BCUT2D eigenvalue weighted by Crippen LogP contribution is 2.36. The van der Waals surface area contributed by atoms with E-state index < -0.39 is 0 Å². The molecular weight excluding hydrogens is 222 g/mol. The number of likely N-dealkylation sites (tertiary alicyclic amines) is 1. The molecular formula is C15H23N3. The second-order valence-electron chi connectivity index (χ2n) is 5.76. The van der Waals surface area contributed by atoms with Crippen molar-refractivity contribution in [2.45, 2.75) is 51.1 Å². The highest BCUT2D eigenvalue weighted by Gasteiger charge is 2.33. The molecule has 0 spiro atoms. The van der Waals surface area contributed by atoms with Crippen LogP contribution in [0.2, 0.25) is 0 Å². The third-order valence-electron chi connectivity index (χ3n) is 4.64. The average molecular weight is 245 g/mol. The first kappa shape index (κ1) is 12.0. The van der Waals surface area contributed by atoms with Crippen molar-refractivity contribution in [3.8, 4) is 0 Å². The quantitative estimate of drug-likeness (QED) is 0.890. The Kier molecular flexibility index (Phi) is 3.50. The molecule has 0 amide bonds. The topological polar surface area (TPSA) is 42.1 Å². The Morgan fingerprint density at radius 2 is 2.06 bits per heavy atom. The minimum absolute atomic E-state index is 0.786. The Bertz CT molecular complexity index is 398. The van der Waals surface area contributed by atoms with Crippen molar-refractivity contribution in [1.82, 2.24) is 9.88 Å². The summed E-state index contributed by atoms with van der Waals surface area (Å²) in [6, 6.07) is 4.66. The van der Waals surface area contributed by atoms with Crippen LogP contribution in [0.15, 0.2) is 18.3 Å². The van der Waals surface area contributed by atoms with E-state index in [1.165, 1.54) is 45.1 Å². The van der Waals surface area contributed by atoms with Gasteiger partial charge in [-0.2, -0.15) is 0 Å². The maximum Gasteiger partial charge on any atom is 0.0772 e. The molecule has 1 aliphatic carbocycles. The van der Waals surface area contributed by atoms with Gasteiger partial charge in [0.1, 0.15) is 0 Å². The lowest BCUT2D eigenvalue weighted by Gasteiger charge is -2.29. The van der Waals surface area contributed by atoms with E-state index in [1.807, 2.05) is 18.3 Å². The van der Waals surface area contributed by atoms with Gasteiger partial charge in [-0.25, -0.2) is 0 Å². The zero-order valence-corrected chi connectivity index (χ0v) is 11.0. The number of anilines is 1. The molecule has 1 unspecified atom stereocenters. The molecule has 1 aromatic heterocycles. The van der Waals surface area contributed by atoms with Crippen LogP contribution >= 0.6 is 0 Å². The van der Waals surface area contributed by atoms with Crippen LogP contribution in [-0.4, -0.2) is 22.5 Å². The van der Waals surface area contributed by atoms with Gasteiger partial charge in [0.15, 0.2) is 0 Å². The number of rotatable bonds is 3. The lowest BCUT2D eigenvalue weighted by Crippen LogP contribution is -2.34. The van der Waals surface area contributed by atoms with E-state index in [9.17, 15) is 0 Å². The highest BCUT2D eigenvalue weighted by molar-refractivity contribution is 5.41. The summed E-state index contributed by atoms with van der Waals surface area (Å²) in [6.45, 7) is 2.16. The van der Waals surface area contributed by atoms with Gasteiger partial charge < -0.3 is 5.73 Å². The van der Waals surface area contributed by atoms with Crippen molar-refractivity contribution in [3.63, 3.8) is 0 Å². The SMILES string of the molecule is Nc1cccnc1CN1CCCC1C1CCCC1. The summed E-state index contributed by atoms with van der Waals surface area (Å²) < 4.78 is 0. The van der Waals surface area contributed by atoms with E-state index in [1.54, 1.807) is 0 Å². The maximum absolute atomic E-state index is 6.01. The van der Waals surface area contributed by atoms with Crippen LogP contribution in [0.1, 0.15) is 44.2 Å². The fourth-order valence-electron chi connectivity index (χ4n) is 3.70. The number of nitrogen functional groups attached to an aromatic ring is 1. The molecule has 0 radical (unpaired) electrons. The van der Waals surface area contributed by atoms with Gasteiger partial charge in [0, 0.05) is 18.8 Å². The Balaban J connectivity index is 1.69. The highest BCUT2D eigenvalue weighted by atomic mass is 15.2. The summed E-state index contributed by atoms with van der Waals surface area (Å²) in [5, 5.41) is 0. The van der Waals surface area contributed by atoms with Crippen molar-refractivity contribution < 1.29 is 0 Å². The van der Waals surface area contributed by atoms with Crippen LogP contribution < -0.4 is 5.73 Å². The third-order valence-corrected chi connectivity index (χ3v) is 4.64. The maximum atomic E-state index is 6.01. The normalized spacial score (nSPS) is 25.9. The number of pyridine rings is 1. The minimum Gasteiger partial charge on any atom is -0.397 e. The molecule has 2 aliphatic rings. The summed E-state index contributed by atoms with van der Waals surface area (Å²) in [5.74, 6) is 0.928. The van der Waals surface area contributed by atoms with Crippen LogP contribution in [0.25, 0.3) is 0 Å². The summed E-state index contributed by atoms with van der Waals surface area (Å²) in [4.78, 5) is 7.06. The van der Waals surface area contributed by atoms with Crippen LogP contribution in [0, 0.1) is 5.92 Å². The molecule has 1 saturated carbocycles. The zero-order chi connectivity index (χ0) is 12.4. The van der Waals surface area contributed by atoms with Gasteiger partial charge in [-0.1, -0.05) is 12.8 Å². The zero-order valence-electron chi connectivity index (χ0n) is 11.0. The summed E-state index contributed by atoms with van der Waals surface area (Å²) in [7, 11) is 0. The Morgan fingerprint density at radius 3 is 2.83 bits per heavy atom. The lowest BCUT2D eigenvalue weighted by molar-refractivity contribution is 0.181. The first-order valence-electron chi connectivity index (χ1n) is 7.28. The fraction of sp³-hybridized carbons (Fsp3) is 0.667. The Morgan fingerprint density at radius 1 is 1.22 bits per heavy atom. The summed E-state index contributed by atoms with van der Waals surface area (Å²) in [6.07, 6.45) is 10.3. The number of hydrogen-bond acceptors (Lipinski definition) is 3. The molecule has 1 aliphatic heterocycles. The smallest absolute Gasteiger partial charge is 0.0772 e. The molecule has 2 fully saturated rings. The second-order valence-corrected chi connectivity index (χ2v) is 5.76. The van der Waals surface area contributed by atoms with Gasteiger partial charge in [0.05, 0.1) is 11.4 Å². The lowest BCUT2D eigenvalue weighted by atomic mass is 9.96. The molecule has 0 aromatic carbocycles. The number of hydrogen-bond donors (Lipinski definition) is 1. The molecule has 3 rings (SSSR count). The molecule has 18 heavy (non-hydrogen) atoms. The van der Waals surface area contributed by atoms with Crippen molar-refractivity contribution in [2.75, 3.05) is 12.3 Å². The van der Waals surface area contributed by atoms with Gasteiger partial charge in [0.2, 0.25) is 0 Å². The van der Waals surface area contributed by atoms with Crippen LogP contribution in [0.4, 0.5) is 5.69 Å². The fourth-order valence-corrected chi connectivity index (χ4v) is 3.70. The predicted molar refractivity (Wildman–Crippen MR) is 74.0 cm³/mol. The number of nitrogens with two attached hydrogens (primary N) is 1. The average Bonchev–Trinajstić information content (AvgIpc) is 3.02. The first-order valence-corrected chi connectivity index (χ1v) is 7.28. The van der Waals surface area contributed by atoms with Gasteiger partial charge in [-0.15, -0.1) is 0 Å². The standard InChI is InChI=1S/C15H23N3/c16-13-7-3-9-17-14(13)11-18-10-4-8-15(18)12-5-1-2-6-12/h3,7,9,12,15H,1-2,4-6,8,10-11,16H2. The second kappa shape index (κ2) is 5.27. The monoisotopic (exact) mass is 245 g/mol. The Hall–Kier alpha value is -1.09. The van der Waals surface area contributed by atoms with Crippen molar-refractivity contribution >= 4 is 5.69 Å². The van der Waals surface area contributed by atoms with Crippen LogP contribution in [0.5, 0.6) is 0 Å². The summed E-state index contributed by atoms with van der Waals surface area (Å²) in [5.41, 5.74) is 7.91. The van der Waals surface area contributed by atoms with Gasteiger partial charge in [-0.3, -0.25) is 9.88 Å². The van der Waals surface area contributed by atoms with E-state index in [0.29, 0.717) is 0 Å². The van der Waals surface area contributed by atoms with Crippen molar-refractivity contribution in [3.05, 3.63) is 24.0 Å². The van der Waals surface area contributed by atoms with E-state index in [2.05, 4.69) is 9.88 Å². The van der Waals surface area contributed by atoms with Crippen LogP contribution in [-0.2, 0) is 6.54 Å². The molecule has 98 valence electrons. The molecule has 0 bridgehead atoms. The number of nitrogens with zero attached hydrogens (tertiary/aromatic N) is 2. The molecule has 2 heterocycles.